The van der Waals surface area contributed by atoms with E-state index in [2.05, 4.69) is 48.6 Å². The zero-order valence-corrected chi connectivity index (χ0v) is 9.47. The largest absolute Gasteiger partial charge is 0.256 e. The van der Waals surface area contributed by atoms with Gasteiger partial charge in [0.1, 0.15) is 0 Å². The van der Waals surface area contributed by atoms with E-state index in [1.54, 1.807) is 0 Å². The molecule has 0 aliphatic rings. The number of fused-ring (bicyclic) bond motifs is 1. The predicted molar refractivity (Wildman–Crippen MR) is 63.0 cm³/mol. The molecule has 1 aromatic carbocycles. The van der Waals surface area contributed by atoms with Gasteiger partial charge in [-0.15, -0.1) is 11.6 Å². The van der Waals surface area contributed by atoms with E-state index in [1.165, 1.54) is 22.9 Å². The number of rotatable bonds is 0. The zero-order chi connectivity index (χ0) is 10.6. The van der Waals surface area contributed by atoms with Crippen molar-refractivity contribution in [2.75, 3.05) is 6.38 Å². The summed E-state index contributed by atoms with van der Waals surface area (Å²) in [6, 6.07) is 8.37. The highest BCUT2D eigenvalue weighted by atomic mass is 35.5. The minimum atomic E-state index is 1.08. The molecule has 0 radical (unpaired) electrons. The van der Waals surface area contributed by atoms with E-state index in [9.17, 15) is 0 Å². The van der Waals surface area contributed by atoms with Crippen LogP contribution >= 0.6 is 11.6 Å². The second kappa shape index (κ2) is 4.97. The van der Waals surface area contributed by atoms with E-state index in [4.69, 9.17) is 0 Å². The number of halogens is 1. The highest BCUT2D eigenvalue weighted by Gasteiger charge is 1.96. The lowest BCUT2D eigenvalue weighted by atomic mass is 10.1. The normalized spacial score (nSPS) is 9.43. The first-order valence-electron chi connectivity index (χ1n) is 4.47. The van der Waals surface area contributed by atoms with Crippen LogP contribution in [0.2, 0.25) is 0 Å². The van der Waals surface area contributed by atoms with Gasteiger partial charge in [0.15, 0.2) is 0 Å². The van der Waals surface area contributed by atoms with Gasteiger partial charge in [0, 0.05) is 18.0 Å². The van der Waals surface area contributed by atoms with Gasteiger partial charge in [-0.05, 0) is 43.2 Å². The van der Waals surface area contributed by atoms with Crippen molar-refractivity contribution in [3.8, 4) is 0 Å². The topological polar surface area (TPSA) is 12.9 Å². The summed E-state index contributed by atoms with van der Waals surface area (Å²) in [5, 5.41) is 1.22. The molecule has 2 rings (SSSR count). The lowest BCUT2D eigenvalue weighted by Gasteiger charge is -2.01. The quantitative estimate of drug-likeness (QED) is 0.601. The second-order valence-electron chi connectivity index (χ2n) is 3.13. The fourth-order valence-electron chi connectivity index (χ4n) is 1.34. The van der Waals surface area contributed by atoms with Gasteiger partial charge in [-0.25, -0.2) is 0 Å². The summed E-state index contributed by atoms with van der Waals surface area (Å²) >= 11 is 4.64. The molecule has 0 saturated heterocycles. The maximum Gasteiger partial charge on any atom is 0.0704 e. The van der Waals surface area contributed by atoms with Crippen molar-refractivity contribution in [1.29, 1.82) is 0 Å². The van der Waals surface area contributed by atoms with E-state index >= 15 is 0 Å². The van der Waals surface area contributed by atoms with Crippen molar-refractivity contribution in [3.05, 3.63) is 41.6 Å². The Hall–Kier alpha value is -1.08. The maximum absolute atomic E-state index is 4.64. The molecule has 0 aliphatic heterocycles. The Morgan fingerprint density at radius 3 is 2.43 bits per heavy atom. The minimum Gasteiger partial charge on any atom is -0.256 e. The van der Waals surface area contributed by atoms with Crippen LogP contribution in [-0.4, -0.2) is 11.4 Å². The van der Waals surface area contributed by atoms with Gasteiger partial charge in [-0.3, -0.25) is 4.98 Å². The van der Waals surface area contributed by atoms with E-state index in [0.29, 0.717) is 0 Å². The van der Waals surface area contributed by atoms with Gasteiger partial charge in [0.2, 0.25) is 0 Å². The van der Waals surface area contributed by atoms with Crippen LogP contribution in [0.1, 0.15) is 11.1 Å². The summed E-state index contributed by atoms with van der Waals surface area (Å²) in [6.45, 7) is 4.24. The molecule has 0 aliphatic carbocycles. The lowest BCUT2D eigenvalue weighted by molar-refractivity contribution is 1.33. The minimum absolute atomic E-state index is 1.08. The van der Waals surface area contributed by atoms with Crippen molar-refractivity contribution in [2.24, 2.45) is 0 Å². The average molecular weight is 208 g/mol. The second-order valence-corrected chi connectivity index (χ2v) is 3.13. The summed E-state index contributed by atoms with van der Waals surface area (Å²) < 4.78 is 0. The summed E-state index contributed by atoms with van der Waals surface area (Å²) in [6.07, 6.45) is 3.30. The highest BCUT2D eigenvalue weighted by Crippen LogP contribution is 2.16. The number of aryl methyl sites for hydroxylation is 2. The number of nitrogens with zero attached hydrogens (tertiary/aromatic N) is 1. The molecule has 2 aromatic rings. The molecule has 0 bridgehead atoms. The number of benzene rings is 1. The molecule has 74 valence electrons. The van der Waals surface area contributed by atoms with Crippen LogP contribution < -0.4 is 0 Å². The average Bonchev–Trinajstić information content (AvgIpc) is 2.23. The SMILES string of the molecule is CCl.Cc1cc2cccnc2cc1C. The molecule has 0 spiro atoms. The van der Waals surface area contributed by atoms with E-state index < -0.39 is 0 Å². The van der Waals surface area contributed by atoms with Crippen LogP contribution in [0.3, 0.4) is 0 Å². The van der Waals surface area contributed by atoms with Crippen molar-refractivity contribution >= 4 is 22.5 Å². The van der Waals surface area contributed by atoms with Crippen molar-refractivity contribution < 1.29 is 0 Å². The van der Waals surface area contributed by atoms with Gasteiger partial charge >= 0.3 is 0 Å². The summed E-state index contributed by atoms with van der Waals surface area (Å²) in [4.78, 5) is 4.28. The molecule has 0 saturated carbocycles. The molecule has 14 heavy (non-hydrogen) atoms. The Balaban J connectivity index is 0.000000461. The van der Waals surface area contributed by atoms with Gasteiger partial charge in [-0.2, -0.15) is 0 Å². The standard InChI is InChI=1S/C11H11N.CH3Cl/c1-8-6-10-4-3-5-12-11(10)7-9(8)2;1-2/h3-7H,1-2H3;1H3. The Labute approximate surface area is 89.7 Å². The van der Waals surface area contributed by atoms with Crippen molar-refractivity contribution in [2.45, 2.75) is 13.8 Å². The smallest absolute Gasteiger partial charge is 0.0704 e. The monoisotopic (exact) mass is 207 g/mol. The molecule has 1 nitrogen and oxygen atoms in total. The molecule has 0 N–H and O–H groups in total. The van der Waals surface area contributed by atoms with Crippen LogP contribution in [0.15, 0.2) is 30.5 Å². The molecule has 1 heterocycles. The van der Waals surface area contributed by atoms with Crippen LogP contribution in [0.4, 0.5) is 0 Å². The molecule has 2 heteroatoms. The Morgan fingerprint density at radius 2 is 1.71 bits per heavy atom. The van der Waals surface area contributed by atoms with E-state index in [0.717, 1.165) is 5.52 Å². The fraction of sp³-hybridized carbons (Fsp3) is 0.250. The first-order chi connectivity index (χ1) is 6.77. The predicted octanol–water partition coefficient (Wildman–Crippen LogP) is 3.71. The van der Waals surface area contributed by atoms with Crippen LogP contribution in [0.25, 0.3) is 10.9 Å². The highest BCUT2D eigenvalue weighted by molar-refractivity contribution is 6.15. The molecular formula is C12H14ClN. The van der Waals surface area contributed by atoms with Crippen LogP contribution in [0, 0.1) is 13.8 Å². The van der Waals surface area contributed by atoms with Crippen LogP contribution in [0.5, 0.6) is 0 Å². The molecular weight excluding hydrogens is 194 g/mol. The number of pyridine rings is 1. The van der Waals surface area contributed by atoms with Gasteiger partial charge < -0.3 is 0 Å². The molecule has 0 fully saturated rings. The maximum atomic E-state index is 4.64. The number of alkyl halides is 1. The third kappa shape index (κ3) is 2.24. The molecule has 0 unspecified atom stereocenters. The first kappa shape index (κ1) is 11.0. The summed E-state index contributed by atoms with van der Waals surface area (Å²) in [5.74, 6) is 0. The third-order valence-corrected chi connectivity index (χ3v) is 2.22. The van der Waals surface area contributed by atoms with E-state index in [-0.39, 0.29) is 0 Å². The molecule has 0 amide bonds. The van der Waals surface area contributed by atoms with Crippen molar-refractivity contribution in [3.63, 3.8) is 0 Å². The lowest BCUT2D eigenvalue weighted by Crippen LogP contribution is -1.83. The van der Waals surface area contributed by atoms with Gasteiger partial charge in [0.05, 0.1) is 5.52 Å². The molecule has 0 atom stereocenters. The van der Waals surface area contributed by atoms with Crippen LogP contribution in [-0.2, 0) is 0 Å². The van der Waals surface area contributed by atoms with Gasteiger partial charge in [0.25, 0.3) is 0 Å². The van der Waals surface area contributed by atoms with Crippen molar-refractivity contribution in [1.82, 2.24) is 4.98 Å². The summed E-state index contributed by atoms with van der Waals surface area (Å²) in [5.41, 5.74) is 3.72. The number of aromatic nitrogens is 1. The summed E-state index contributed by atoms with van der Waals surface area (Å²) in [7, 11) is 0. The number of hydrogen-bond acceptors (Lipinski definition) is 1. The zero-order valence-electron chi connectivity index (χ0n) is 8.71. The Morgan fingerprint density at radius 1 is 1.07 bits per heavy atom. The number of hydrogen-bond donors (Lipinski definition) is 0. The molecule has 1 aromatic heterocycles. The van der Waals surface area contributed by atoms with E-state index in [1.807, 2.05) is 12.3 Å². The Kier molecular flexibility index (Phi) is 3.90. The first-order valence-corrected chi connectivity index (χ1v) is 5.23. The fourth-order valence-corrected chi connectivity index (χ4v) is 1.34. The Bertz CT molecular complexity index is 383. The van der Waals surface area contributed by atoms with Gasteiger partial charge in [-0.1, -0.05) is 6.07 Å². The third-order valence-electron chi connectivity index (χ3n) is 2.22.